The topological polar surface area (TPSA) is 35.2 Å². The summed E-state index contributed by atoms with van der Waals surface area (Å²) in [4.78, 5) is 0. The van der Waals surface area contributed by atoms with Gasteiger partial charge in [-0.1, -0.05) is 36.4 Å². The molecule has 2 heteroatoms. The summed E-state index contributed by atoms with van der Waals surface area (Å²) in [6, 6.07) is 15.1. The van der Waals surface area contributed by atoms with E-state index in [-0.39, 0.29) is 5.41 Å². The Morgan fingerprint density at radius 3 is 2.67 bits per heavy atom. The maximum Gasteiger partial charge on any atom is 0.123 e. The molecule has 2 nitrogen and oxygen atoms in total. The van der Waals surface area contributed by atoms with Crippen molar-refractivity contribution >= 4 is 0 Å². The van der Waals surface area contributed by atoms with E-state index in [9.17, 15) is 0 Å². The average Bonchev–Trinajstić information content (AvgIpc) is 2.51. The van der Waals surface area contributed by atoms with Gasteiger partial charge < -0.3 is 10.5 Å². The molecule has 2 aromatic carbocycles. The summed E-state index contributed by atoms with van der Waals surface area (Å²) in [7, 11) is 0. The minimum Gasteiger partial charge on any atom is -0.493 e. The largest absolute Gasteiger partial charge is 0.493 e. The van der Waals surface area contributed by atoms with E-state index >= 15 is 0 Å². The number of aryl methyl sites for hydroxylation is 2. The number of ether oxygens (including phenoxy) is 1. The molecule has 0 saturated heterocycles. The molecule has 1 unspecified atom stereocenters. The Balaban J connectivity index is 2.00. The van der Waals surface area contributed by atoms with Gasteiger partial charge in [0, 0.05) is 17.5 Å². The van der Waals surface area contributed by atoms with Gasteiger partial charge in [0.2, 0.25) is 0 Å². The average molecular weight is 281 g/mol. The molecule has 0 bridgehead atoms. The highest BCUT2D eigenvalue weighted by molar-refractivity contribution is 5.43. The van der Waals surface area contributed by atoms with Crippen molar-refractivity contribution in [1.29, 1.82) is 0 Å². The van der Waals surface area contributed by atoms with Crippen LogP contribution in [0.2, 0.25) is 0 Å². The number of rotatable bonds is 3. The first-order chi connectivity index (χ1) is 10.1. The Labute approximate surface area is 126 Å². The van der Waals surface area contributed by atoms with Crippen molar-refractivity contribution in [2.45, 2.75) is 32.1 Å². The third kappa shape index (κ3) is 2.56. The summed E-state index contributed by atoms with van der Waals surface area (Å²) < 4.78 is 5.81. The van der Waals surface area contributed by atoms with Crippen LogP contribution in [0.5, 0.6) is 5.75 Å². The van der Waals surface area contributed by atoms with E-state index in [2.05, 4.69) is 50.2 Å². The van der Waals surface area contributed by atoms with E-state index in [4.69, 9.17) is 10.5 Å². The van der Waals surface area contributed by atoms with Crippen molar-refractivity contribution in [2.75, 3.05) is 13.2 Å². The van der Waals surface area contributed by atoms with E-state index in [1.54, 1.807) is 0 Å². The lowest BCUT2D eigenvalue weighted by atomic mass is 9.71. The van der Waals surface area contributed by atoms with Crippen LogP contribution in [0.3, 0.4) is 0 Å². The maximum atomic E-state index is 6.21. The van der Waals surface area contributed by atoms with Crippen molar-refractivity contribution in [3.63, 3.8) is 0 Å². The van der Waals surface area contributed by atoms with Gasteiger partial charge in [0.05, 0.1) is 6.61 Å². The van der Waals surface area contributed by atoms with Gasteiger partial charge in [-0.2, -0.15) is 0 Å². The quantitative estimate of drug-likeness (QED) is 0.934. The second-order valence-electron chi connectivity index (χ2n) is 6.17. The lowest BCUT2D eigenvalue weighted by molar-refractivity contribution is 0.215. The van der Waals surface area contributed by atoms with Gasteiger partial charge in [-0.25, -0.2) is 0 Å². The van der Waals surface area contributed by atoms with Gasteiger partial charge in [-0.05, 0) is 49.4 Å². The van der Waals surface area contributed by atoms with Crippen LogP contribution >= 0.6 is 0 Å². The van der Waals surface area contributed by atoms with E-state index in [0.717, 1.165) is 25.2 Å². The minimum absolute atomic E-state index is 0.00343. The van der Waals surface area contributed by atoms with Crippen molar-refractivity contribution in [1.82, 2.24) is 0 Å². The molecule has 1 atom stereocenters. The molecular formula is C19H23NO. The van der Waals surface area contributed by atoms with Crippen molar-refractivity contribution in [3.8, 4) is 5.75 Å². The van der Waals surface area contributed by atoms with Gasteiger partial charge in [0.25, 0.3) is 0 Å². The molecule has 3 rings (SSSR count). The summed E-state index contributed by atoms with van der Waals surface area (Å²) in [5.74, 6) is 0.998. The Morgan fingerprint density at radius 1 is 1.10 bits per heavy atom. The lowest BCUT2D eigenvalue weighted by Gasteiger charge is -2.38. The Bertz CT molecular complexity index is 650. The van der Waals surface area contributed by atoms with Gasteiger partial charge in [-0.3, -0.25) is 0 Å². The zero-order chi connectivity index (χ0) is 14.9. The molecule has 0 spiro atoms. The van der Waals surface area contributed by atoms with Crippen molar-refractivity contribution in [2.24, 2.45) is 5.73 Å². The molecule has 0 aliphatic carbocycles. The Kier molecular flexibility index (Phi) is 3.73. The normalized spacial score (nSPS) is 20.7. The highest BCUT2D eigenvalue weighted by Crippen LogP contribution is 2.40. The highest BCUT2D eigenvalue weighted by Gasteiger charge is 2.36. The fraction of sp³-hybridized carbons (Fsp3) is 0.368. The second kappa shape index (κ2) is 5.53. The third-order valence-corrected chi connectivity index (χ3v) is 4.80. The fourth-order valence-electron chi connectivity index (χ4n) is 3.29. The predicted molar refractivity (Wildman–Crippen MR) is 86.9 cm³/mol. The summed E-state index contributed by atoms with van der Waals surface area (Å²) in [5, 5.41) is 0. The van der Waals surface area contributed by atoms with Crippen LogP contribution in [-0.2, 0) is 11.8 Å². The number of hydrogen-bond donors (Lipinski definition) is 1. The molecule has 2 N–H and O–H groups in total. The van der Waals surface area contributed by atoms with Crippen molar-refractivity contribution in [3.05, 3.63) is 64.7 Å². The minimum atomic E-state index is -0.00343. The van der Waals surface area contributed by atoms with Crippen LogP contribution in [0, 0.1) is 13.8 Å². The van der Waals surface area contributed by atoms with E-state index in [1.165, 1.54) is 22.3 Å². The molecule has 21 heavy (non-hydrogen) atoms. The Hall–Kier alpha value is -1.80. The van der Waals surface area contributed by atoms with Crippen LogP contribution < -0.4 is 10.5 Å². The standard InChI is InChI=1S/C19H23NO/c1-14-7-8-16(11-15(14)2)12-19(13-20)9-10-21-18-6-4-3-5-17(18)19/h3-8,11H,9-10,12-13,20H2,1-2H3. The molecule has 110 valence electrons. The monoisotopic (exact) mass is 281 g/mol. The zero-order valence-corrected chi connectivity index (χ0v) is 12.9. The highest BCUT2D eigenvalue weighted by atomic mass is 16.5. The van der Waals surface area contributed by atoms with Gasteiger partial charge in [0.15, 0.2) is 0 Å². The smallest absolute Gasteiger partial charge is 0.123 e. The molecular weight excluding hydrogens is 258 g/mol. The molecule has 0 fully saturated rings. The molecule has 0 radical (unpaired) electrons. The molecule has 0 aromatic heterocycles. The van der Waals surface area contributed by atoms with Crippen LogP contribution in [-0.4, -0.2) is 13.2 Å². The number of nitrogens with two attached hydrogens (primary N) is 1. The van der Waals surface area contributed by atoms with Gasteiger partial charge in [-0.15, -0.1) is 0 Å². The second-order valence-corrected chi connectivity index (χ2v) is 6.17. The SMILES string of the molecule is Cc1ccc(CC2(CN)CCOc3ccccc32)cc1C. The van der Waals surface area contributed by atoms with Crippen LogP contribution in [0.4, 0.5) is 0 Å². The maximum absolute atomic E-state index is 6.21. The molecule has 0 amide bonds. The fourth-order valence-corrected chi connectivity index (χ4v) is 3.29. The summed E-state index contributed by atoms with van der Waals surface area (Å²) >= 11 is 0. The zero-order valence-electron chi connectivity index (χ0n) is 12.9. The molecule has 2 aromatic rings. The first-order valence-electron chi connectivity index (χ1n) is 7.63. The first kappa shape index (κ1) is 14.2. The number of para-hydroxylation sites is 1. The number of hydrogen-bond acceptors (Lipinski definition) is 2. The van der Waals surface area contributed by atoms with Crippen molar-refractivity contribution < 1.29 is 4.74 Å². The number of fused-ring (bicyclic) bond motifs is 1. The van der Waals surface area contributed by atoms with E-state index < -0.39 is 0 Å². The predicted octanol–water partition coefficient (Wildman–Crippen LogP) is 3.53. The van der Waals surface area contributed by atoms with Crippen LogP contribution in [0.15, 0.2) is 42.5 Å². The molecule has 1 aliphatic heterocycles. The van der Waals surface area contributed by atoms with Crippen LogP contribution in [0.25, 0.3) is 0 Å². The first-order valence-corrected chi connectivity index (χ1v) is 7.63. The van der Waals surface area contributed by atoms with Gasteiger partial charge >= 0.3 is 0 Å². The molecule has 1 aliphatic rings. The van der Waals surface area contributed by atoms with Crippen LogP contribution in [0.1, 0.15) is 28.7 Å². The summed E-state index contributed by atoms with van der Waals surface area (Å²) in [5.41, 5.74) is 11.5. The summed E-state index contributed by atoms with van der Waals surface area (Å²) in [6.07, 6.45) is 1.96. The summed E-state index contributed by atoms with van der Waals surface area (Å²) in [6.45, 7) is 5.73. The molecule has 1 heterocycles. The molecule has 0 saturated carbocycles. The Morgan fingerprint density at radius 2 is 1.90 bits per heavy atom. The third-order valence-electron chi connectivity index (χ3n) is 4.80. The lowest BCUT2D eigenvalue weighted by Crippen LogP contribution is -2.41. The number of benzene rings is 2. The van der Waals surface area contributed by atoms with Gasteiger partial charge in [0.1, 0.15) is 5.75 Å². The van der Waals surface area contributed by atoms with E-state index in [1.807, 2.05) is 6.07 Å². The van der Waals surface area contributed by atoms with E-state index in [0.29, 0.717) is 6.54 Å².